The molecule has 0 unspecified atom stereocenters. The molecule has 1 heterocycles. The Bertz CT molecular complexity index is 747. The molecule has 0 radical (unpaired) electrons. The zero-order valence-electron chi connectivity index (χ0n) is 13.1. The van der Waals surface area contributed by atoms with Crippen molar-refractivity contribution in [2.75, 3.05) is 18.9 Å². The van der Waals surface area contributed by atoms with Gasteiger partial charge in [-0.3, -0.25) is 9.69 Å². The quantitative estimate of drug-likeness (QED) is 0.935. The van der Waals surface area contributed by atoms with E-state index in [1.807, 2.05) is 12.4 Å². The topological polar surface area (TPSA) is 56.1 Å². The number of anilines is 1. The van der Waals surface area contributed by atoms with E-state index in [-0.39, 0.29) is 11.9 Å². The summed E-state index contributed by atoms with van der Waals surface area (Å²) in [6, 6.07) is 12.6. The van der Waals surface area contributed by atoms with E-state index >= 15 is 0 Å². The van der Waals surface area contributed by atoms with Crippen LogP contribution in [-0.2, 0) is 11.2 Å². The summed E-state index contributed by atoms with van der Waals surface area (Å²) in [5, 5.41) is 14.3. The first kappa shape index (κ1) is 15.7. The first-order valence-corrected chi connectivity index (χ1v) is 8.62. The van der Waals surface area contributed by atoms with Gasteiger partial charge in [-0.2, -0.15) is 5.26 Å². The Labute approximate surface area is 140 Å². The highest BCUT2D eigenvalue weighted by Gasteiger charge is 2.24. The van der Waals surface area contributed by atoms with Crippen LogP contribution in [-0.4, -0.2) is 24.4 Å². The van der Waals surface area contributed by atoms with Crippen LogP contribution < -0.4 is 5.32 Å². The molecule has 0 saturated carbocycles. The summed E-state index contributed by atoms with van der Waals surface area (Å²) < 4.78 is 0. The monoisotopic (exact) mass is 325 g/mol. The van der Waals surface area contributed by atoms with Crippen LogP contribution >= 0.6 is 11.3 Å². The molecule has 1 atom stereocenters. The number of thiophene rings is 1. The molecule has 1 N–H and O–H groups in total. The number of nitriles is 1. The van der Waals surface area contributed by atoms with Gasteiger partial charge in [-0.1, -0.05) is 24.3 Å². The van der Waals surface area contributed by atoms with Gasteiger partial charge in [0, 0.05) is 6.04 Å². The number of carbonyl (C=O) groups excluding carboxylic acids is 1. The summed E-state index contributed by atoms with van der Waals surface area (Å²) >= 11 is 1.38. The van der Waals surface area contributed by atoms with E-state index < -0.39 is 0 Å². The number of nitrogens with zero attached hydrogens (tertiary/aromatic N) is 2. The molecule has 1 aliphatic carbocycles. The summed E-state index contributed by atoms with van der Waals surface area (Å²) in [4.78, 5) is 14.4. The van der Waals surface area contributed by atoms with Crippen LogP contribution in [0.3, 0.4) is 0 Å². The predicted molar refractivity (Wildman–Crippen MR) is 92.4 cm³/mol. The van der Waals surface area contributed by atoms with Crippen molar-refractivity contribution in [2.45, 2.75) is 25.3 Å². The van der Waals surface area contributed by atoms with Gasteiger partial charge >= 0.3 is 0 Å². The molecular formula is C18H19N3OS. The van der Waals surface area contributed by atoms with Crippen molar-refractivity contribution in [3.05, 3.63) is 52.4 Å². The van der Waals surface area contributed by atoms with Crippen molar-refractivity contribution in [3.8, 4) is 6.07 Å². The van der Waals surface area contributed by atoms with Gasteiger partial charge in [-0.05, 0) is 48.9 Å². The van der Waals surface area contributed by atoms with Crippen molar-refractivity contribution in [3.63, 3.8) is 0 Å². The zero-order valence-corrected chi connectivity index (χ0v) is 13.9. The number of benzene rings is 1. The van der Waals surface area contributed by atoms with E-state index in [0.717, 1.165) is 19.3 Å². The van der Waals surface area contributed by atoms with E-state index in [9.17, 15) is 4.79 Å². The second-order valence-electron chi connectivity index (χ2n) is 5.85. The van der Waals surface area contributed by atoms with Crippen LogP contribution in [0.25, 0.3) is 0 Å². The van der Waals surface area contributed by atoms with Gasteiger partial charge in [-0.25, -0.2) is 0 Å². The molecule has 1 aromatic carbocycles. The minimum atomic E-state index is -0.0745. The lowest BCUT2D eigenvalue weighted by Gasteiger charge is -2.32. The highest BCUT2D eigenvalue weighted by Crippen LogP contribution is 2.33. The Morgan fingerprint density at radius 1 is 1.43 bits per heavy atom. The fourth-order valence-electron chi connectivity index (χ4n) is 3.18. The molecular weight excluding hydrogens is 306 g/mol. The molecule has 23 heavy (non-hydrogen) atoms. The lowest BCUT2D eigenvalue weighted by atomic mass is 9.87. The van der Waals surface area contributed by atoms with Gasteiger partial charge < -0.3 is 5.32 Å². The first-order chi connectivity index (χ1) is 11.2. The molecule has 0 aliphatic heterocycles. The minimum absolute atomic E-state index is 0.0745. The normalized spacial score (nSPS) is 16.7. The van der Waals surface area contributed by atoms with Gasteiger partial charge in [0.2, 0.25) is 5.91 Å². The van der Waals surface area contributed by atoms with E-state index in [0.29, 0.717) is 17.1 Å². The second kappa shape index (κ2) is 6.95. The molecule has 1 aromatic heterocycles. The number of hydrogen-bond donors (Lipinski definition) is 1. The van der Waals surface area contributed by atoms with Crippen molar-refractivity contribution in [2.24, 2.45) is 0 Å². The lowest BCUT2D eigenvalue weighted by Crippen LogP contribution is -2.34. The maximum absolute atomic E-state index is 12.3. The summed E-state index contributed by atoms with van der Waals surface area (Å²) in [7, 11) is 1.99. The Balaban J connectivity index is 1.67. The largest absolute Gasteiger partial charge is 0.315 e. The smallest absolute Gasteiger partial charge is 0.239 e. The molecule has 0 saturated heterocycles. The molecule has 0 spiro atoms. The lowest BCUT2D eigenvalue weighted by molar-refractivity contribution is -0.117. The van der Waals surface area contributed by atoms with Crippen LogP contribution in [0.1, 0.15) is 35.6 Å². The average Bonchev–Trinajstić information content (AvgIpc) is 3.01. The standard InChI is InChI=1S/C18H19N3OS/c1-21(12-17(22)20-18-14(11-19)9-10-23-18)16-8-4-6-13-5-2-3-7-15(13)16/h2-3,5,7,9-10,16H,4,6,8,12H2,1H3,(H,20,22)/t16-/m1/s1. The van der Waals surface area contributed by atoms with Crippen LogP contribution in [0.2, 0.25) is 0 Å². The maximum Gasteiger partial charge on any atom is 0.239 e. The van der Waals surface area contributed by atoms with Crippen molar-refractivity contribution >= 4 is 22.2 Å². The van der Waals surface area contributed by atoms with Gasteiger partial charge in [-0.15, -0.1) is 11.3 Å². The van der Waals surface area contributed by atoms with Gasteiger partial charge in [0.1, 0.15) is 11.1 Å². The Hall–Kier alpha value is -2.16. The van der Waals surface area contributed by atoms with E-state index in [2.05, 4.69) is 40.6 Å². The molecule has 118 valence electrons. The highest BCUT2D eigenvalue weighted by molar-refractivity contribution is 7.14. The molecule has 1 aliphatic rings. The van der Waals surface area contributed by atoms with Crippen molar-refractivity contribution in [1.29, 1.82) is 5.26 Å². The Morgan fingerprint density at radius 3 is 3.09 bits per heavy atom. The van der Waals surface area contributed by atoms with Crippen molar-refractivity contribution in [1.82, 2.24) is 4.90 Å². The summed E-state index contributed by atoms with van der Waals surface area (Å²) in [6.07, 6.45) is 3.34. The third kappa shape index (κ3) is 3.44. The molecule has 3 rings (SSSR count). The van der Waals surface area contributed by atoms with Crippen LogP contribution in [0.15, 0.2) is 35.7 Å². The fraction of sp³-hybridized carbons (Fsp3) is 0.333. The summed E-state index contributed by atoms with van der Waals surface area (Å²) in [6.45, 7) is 0.321. The zero-order chi connectivity index (χ0) is 16.2. The molecule has 0 bridgehead atoms. The van der Waals surface area contributed by atoms with Gasteiger partial charge in [0.05, 0.1) is 12.1 Å². The van der Waals surface area contributed by atoms with Gasteiger partial charge in [0.25, 0.3) is 0 Å². The molecule has 2 aromatic rings. The summed E-state index contributed by atoms with van der Waals surface area (Å²) in [5.41, 5.74) is 3.25. The molecule has 1 amide bonds. The number of hydrogen-bond acceptors (Lipinski definition) is 4. The van der Waals surface area contributed by atoms with E-state index in [1.54, 1.807) is 6.07 Å². The third-order valence-electron chi connectivity index (χ3n) is 4.30. The SMILES string of the molecule is CN(CC(=O)Nc1sccc1C#N)[C@@H]1CCCc2ccccc21. The number of rotatable bonds is 4. The highest BCUT2D eigenvalue weighted by atomic mass is 32.1. The molecule has 5 heteroatoms. The first-order valence-electron chi connectivity index (χ1n) is 7.74. The minimum Gasteiger partial charge on any atom is -0.315 e. The van der Waals surface area contributed by atoms with E-state index in [4.69, 9.17) is 5.26 Å². The third-order valence-corrected chi connectivity index (χ3v) is 5.13. The Morgan fingerprint density at radius 2 is 2.26 bits per heavy atom. The summed E-state index contributed by atoms with van der Waals surface area (Å²) in [5.74, 6) is -0.0745. The average molecular weight is 325 g/mol. The molecule has 0 fully saturated rings. The number of fused-ring (bicyclic) bond motifs is 1. The predicted octanol–water partition coefficient (Wildman–Crippen LogP) is 3.57. The van der Waals surface area contributed by atoms with Gasteiger partial charge in [0.15, 0.2) is 0 Å². The number of likely N-dealkylation sites (N-methyl/N-ethyl adjacent to an activating group) is 1. The van der Waals surface area contributed by atoms with Crippen LogP contribution in [0.4, 0.5) is 5.00 Å². The second-order valence-corrected chi connectivity index (χ2v) is 6.76. The number of carbonyl (C=O) groups is 1. The fourth-order valence-corrected chi connectivity index (χ4v) is 3.94. The van der Waals surface area contributed by atoms with Crippen LogP contribution in [0.5, 0.6) is 0 Å². The van der Waals surface area contributed by atoms with Crippen molar-refractivity contribution < 1.29 is 4.79 Å². The number of amides is 1. The van der Waals surface area contributed by atoms with E-state index in [1.165, 1.54) is 22.5 Å². The number of aryl methyl sites for hydroxylation is 1. The molecule has 4 nitrogen and oxygen atoms in total. The van der Waals surface area contributed by atoms with Crippen LogP contribution in [0, 0.1) is 11.3 Å². The maximum atomic E-state index is 12.3. The Kier molecular flexibility index (Phi) is 4.75. The number of nitrogens with one attached hydrogen (secondary N) is 1.